The van der Waals surface area contributed by atoms with Crippen LogP contribution >= 0.6 is 11.3 Å². The molecule has 2 heterocycles. The van der Waals surface area contributed by atoms with Crippen molar-refractivity contribution in [2.75, 3.05) is 18.4 Å². The molecule has 3 aromatic rings. The molecule has 0 unspecified atom stereocenters. The second-order valence-corrected chi connectivity index (χ2v) is 10.2. The molecular formula is C26H34N4O2S. The van der Waals surface area contributed by atoms with Crippen LogP contribution in [0.1, 0.15) is 68.3 Å². The van der Waals surface area contributed by atoms with Crippen LogP contribution in [0.25, 0.3) is 10.2 Å². The first-order valence-corrected chi connectivity index (χ1v) is 12.9. The highest BCUT2D eigenvalue weighted by Gasteiger charge is 2.23. The van der Waals surface area contributed by atoms with Crippen molar-refractivity contribution in [1.82, 2.24) is 14.5 Å². The lowest BCUT2D eigenvalue weighted by Gasteiger charge is -2.20. The zero-order valence-corrected chi connectivity index (χ0v) is 20.9. The number of anilines is 1. The number of fused-ring (bicyclic) bond motifs is 3. The highest BCUT2D eigenvalue weighted by Crippen LogP contribution is 2.34. The Balaban J connectivity index is 1.68. The van der Waals surface area contributed by atoms with Crippen molar-refractivity contribution in [2.24, 2.45) is 0 Å². The molecule has 176 valence electrons. The van der Waals surface area contributed by atoms with Gasteiger partial charge in [-0.05, 0) is 68.0 Å². The lowest BCUT2D eigenvalue weighted by molar-refractivity contribution is -0.116. The van der Waals surface area contributed by atoms with Crippen LogP contribution in [-0.4, -0.2) is 33.4 Å². The average molecular weight is 467 g/mol. The summed E-state index contributed by atoms with van der Waals surface area (Å²) >= 11 is 1.66. The number of amides is 1. The van der Waals surface area contributed by atoms with Gasteiger partial charge >= 0.3 is 0 Å². The molecule has 2 aromatic heterocycles. The van der Waals surface area contributed by atoms with Gasteiger partial charge in [-0.15, -0.1) is 11.3 Å². The fraction of sp³-hybridized carbons (Fsp3) is 0.500. The molecule has 0 aliphatic heterocycles. The van der Waals surface area contributed by atoms with Crippen LogP contribution in [0.15, 0.2) is 29.1 Å². The third-order valence-corrected chi connectivity index (χ3v) is 7.76. The van der Waals surface area contributed by atoms with E-state index in [2.05, 4.69) is 37.9 Å². The molecule has 1 aliphatic carbocycles. The van der Waals surface area contributed by atoms with Crippen molar-refractivity contribution in [3.05, 3.63) is 56.4 Å². The number of hydrogen-bond donors (Lipinski definition) is 1. The lowest BCUT2D eigenvalue weighted by Crippen LogP contribution is -2.34. The maximum Gasteiger partial charge on any atom is 0.263 e. The van der Waals surface area contributed by atoms with Crippen molar-refractivity contribution in [2.45, 2.75) is 72.4 Å². The molecule has 4 rings (SSSR count). The second-order valence-electron chi connectivity index (χ2n) is 9.10. The average Bonchev–Trinajstić information content (AvgIpc) is 3.18. The van der Waals surface area contributed by atoms with Crippen LogP contribution in [0.3, 0.4) is 0 Å². The van der Waals surface area contributed by atoms with Gasteiger partial charge in [-0.1, -0.05) is 39.8 Å². The topological polar surface area (TPSA) is 67.2 Å². The van der Waals surface area contributed by atoms with Crippen LogP contribution in [0.4, 0.5) is 5.69 Å². The van der Waals surface area contributed by atoms with Crippen molar-refractivity contribution in [3.63, 3.8) is 0 Å². The van der Waals surface area contributed by atoms with Gasteiger partial charge < -0.3 is 5.32 Å². The number of aryl methyl sites for hydroxylation is 2. The van der Waals surface area contributed by atoms with Gasteiger partial charge in [-0.2, -0.15) is 0 Å². The van der Waals surface area contributed by atoms with Crippen LogP contribution in [-0.2, 0) is 30.7 Å². The van der Waals surface area contributed by atoms with E-state index in [-0.39, 0.29) is 18.0 Å². The predicted molar refractivity (Wildman–Crippen MR) is 136 cm³/mol. The Labute approximate surface area is 199 Å². The SMILES string of the molecule is CCN(CC)Cc1nc2sc3c(c2c(=O)n1CC(=O)Nc1ccc(C(C)C)cc1)CCCC3. The van der Waals surface area contributed by atoms with Gasteiger partial charge in [0.15, 0.2) is 0 Å². The highest BCUT2D eigenvalue weighted by molar-refractivity contribution is 7.18. The van der Waals surface area contributed by atoms with Gasteiger partial charge in [0.2, 0.25) is 5.91 Å². The number of hydrogen-bond acceptors (Lipinski definition) is 5. The molecule has 1 amide bonds. The summed E-state index contributed by atoms with van der Waals surface area (Å²) in [5.74, 6) is 0.894. The molecule has 0 spiro atoms. The summed E-state index contributed by atoms with van der Waals surface area (Å²) in [5.41, 5.74) is 3.05. The Morgan fingerprint density at radius 3 is 2.52 bits per heavy atom. The van der Waals surface area contributed by atoms with Crippen molar-refractivity contribution < 1.29 is 4.79 Å². The summed E-state index contributed by atoms with van der Waals surface area (Å²) < 4.78 is 1.60. The minimum absolute atomic E-state index is 0.0328. The molecule has 0 bridgehead atoms. The largest absolute Gasteiger partial charge is 0.325 e. The smallest absolute Gasteiger partial charge is 0.263 e. The van der Waals surface area contributed by atoms with Gasteiger partial charge in [0.1, 0.15) is 17.2 Å². The number of nitrogens with one attached hydrogen (secondary N) is 1. The number of carbonyl (C=O) groups is 1. The van der Waals surface area contributed by atoms with E-state index < -0.39 is 0 Å². The molecular weight excluding hydrogens is 432 g/mol. The Morgan fingerprint density at radius 1 is 1.15 bits per heavy atom. The monoisotopic (exact) mass is 466 g/mol. The van der Waals surface area contributed by atoms with Crippen LogP contribution in [0, 0.1) is 0 Å². The summed E-state index contributed by atoms with van der Waals surface area (Å²) in [6.07, 6.45) is 4.22. The fourth-order valence-electron chi connectivity index (χ4n) is 4.51. The van der Waals surface area contributed by atoms with Crippen LogP contribution in [0.2, 0.25) is 0 Å². The van der Waals surface area contributed by atoms with E-state index in [4.69, 9.17) is 4.98 Å². The van der Waals surface area contributed by atoms with Gasteiger partial charge in [0, 0.05) is 10.6 Å². The standard InChI is InChI=1S/C26H34N4O2S/c1-5-29(6-2)15-22-28-25-24(20-9-7-8-10-21(20)33-25)26(32)30(22)16-23(31)27-19-13-11-18(12-14-19)17(3)4/h11-14,17H,5-10,15-16H2,1-4H3,(H,27,31). The highest BCUT2D eigenvalue weighted by atomic mass is 32.1. The number of rotatable bonds is 8. The fourth-order valence-corrected chi connectivity index (χ4v) is 5.78. The maximum absolute atomic E-state index is 13.7. The number of aromatic nitrogens is 2. The van der Waals surface area contributed by atoms with Gasteiger partial charge in [-0.3, -0.25) is 19.1 Å². The molecule has 0 saturated heterocycles. The Bertz CT molecular complexity index is 1190. The van der Waals surface area contributed by atoms with Crippen LogP contribution < -0.4 is 10.9 Å². The summed E-state index contributed by atoms with van der Waals surface area (Å²) in [4.78, 5) is 35.9. The summed E-state index contributed by atoms with van der Waals surface area (Å²) in [7, 11) is 0. The Hall–Kier alpha value is -2.51. The van der Waals surface area contributed by atoms with Crippen molar-refractivity contribution >= 4 is 33.1 Å². The minimum Gasteiger partial charge on any atom is -0.325 e. The number of nitrogens with zero attached hydrogens (tertiary/aromatic N) is 3. The predicted octanol–water partition coefficient (Wildman–Crippen LogP) is 4.94. The molecule has 1 N–H and O–H groups in total. The first-order valence-electron chi connectivity index (χ1n) is 12.1. The Morgan fingerprint density at radius 2 is 1.85 bits per heavy atom. The van der Waals surface area contributed by atoms with E-state index in [1.165, 1.54) is 16.9 Å². The maximum atomic E-state index is 13.7. The molecule has 0 saturated carbocycles. The third kappa shape index (κ3) is 5.04. The lowest BCUT2D eigenvalue weighted by atomic mass is 9.97. The van der Waals surface area contributed by atoms with Crippen molar-refractivity contribution in [1.29, 1.82) is 0 Å². The molecule has 0 radical (unpaired) electrons. The molecule has 6 nitrogen and oxygen atoms in total. The quantitative estimate of drug-likeness (QED) is 0.511. The van der Waals surface area contributed by atoms with E-state index in [0.29, 0.717) is 18.3 Å². The molecule has 1 aliphatic rings. The third-order valence-electron chi connectivity index (χ3n) is 6.58. The number of thiophene rings is 1. The van der Waals surface area contributed by atoms with E-state index >= 15 is 0 Å². The molecule has 33 heavy (non-hydrogen) atoms. The van der Waals surface area contributed by atoms with Crippen molar-refractivity contribution in [3.8, 4) is 0 Å². The number of carbonyl (C=O) groups excluding carboxylic acids is 1. The van der Waals surface area contributed by atoms with Gasteiger partial charge in [0.05, 0.1) is 11.9 Å². The second kappa shape index (κ2) is 10.2. The zero-order valence-electron chi connectivity index (χ0n) is 20.1. The number of benzene rings is 1. The minimum atomic E-state index is -0.208. The molecule has 0 atom stereocenters. The van der Waals surface area contributed by atoms with Gasteiger partial charge in [0.25, 0.3) is 5.56 Å². The summed E-state index contributed by atoms with van der Waals surface area (Å²) in [6, 6.07) is 7.90. The molecule has 1 aromatic carbocycles. The zero-order chi connectivity index (χ0) is 23.5. The normalized spacial score (nSPS) is 13.6. The van der Waals surface area contributed by atoms with E-state index in [1.807, 2.05) is 24.3 Å². The van der Waals surface area contributed by atoms with E-state index in [0.717, 1.165) is 53.8 Å². The molecule has 7 heteroatoms. The molecule has 0 fully saturated rings. The van der Waals surface area contributed by atoms with E-state index in [9.17, 15) is 9.59 Å². The first-order chi connectivity index (χ1) is 15.9. The summed E-state index contributed by atoms with van der Waals surface area (Å²) in [5, 5.41) is 3.69. The first kappa shape index (κ1) is 23.6. The Kier molecular flexibility index (Phi) is 7.29. The van der Waals surface area contributed by atoms with Crippen LogP contribution in [0.5, 0.6) is 0 Å². The summed E-state index contributed by atoms with van der Waals surface area (Å²) in [6.45, 7) is 10.7. The van der Waals surface area contributed by atoms with Gasteiger partial charge in [-0.25, -0.2) is 4.98 Å². The van der Waals surface area contributed by atoms with E-state index in [1.54, 1.807) is 15.9 Å².